The molecule has 128 valence electrons. The standard InChI is InChI=1S/C19H18ClN3OS/c1-11-6-7-15(9-16(11)20)22-18(24)12(2)25-19-14(10-21)8-13-4-3-5-17(13)23-19/h6-9,12H,3-5H2,1-2H3,(H,22,24). The maximum absolute atomic E-state index is 12.5. The highest BCUT2D eigenvalue weighted by molar-refractivity contribution is 8.00. The number of halogens is 1. The highest BCUT2D eigenvalue weighted by Gasteiger charge is 2.21. The Morgan fingerprint density at radius 1 is 1.40 bits per heavy atom. The van der Waals surface area contributed by atoms with Crippen molar-refractivity contribution in [2.24, 2.45) is 0 Å². The van der Waals surface area contributed by atoms with Gasteiger partial charge in [-0.25, -0.2) is 4.98 Å². The van der Waals surface area contributed by atoms with Crippen LogP contribution in [0.2, 0.25) is 5.02 Å². The number of aromatic nitrogens is 1. The molecule has 1 amide bonds. The lowest BCUT2D eigenvalue weighted by Gasteiger charge is -2.14. The van der Waals surface area contributed by atoms with E-state index in [0.29, 0.717) is 21.3 Å². The van der Waals surface area contributed by atoms with Crippen LogP contribution in [0.3, 0.4) is 0 Å². The number of nitriles is 1. The quantitative estimate of drug-likeness (QED) is 0.802. The van der Waals surface area contributed by atoms with E-state index >= 15 is 0 Å². The van der Waals surface area contributed by atoms with E-state index in [0.717, 1.165) is 36.1 Å². The second-order valence-corrected chi connectivity index (χ2v) is 7.86. The van der Waals surface area contributed by atoms with Crippen molar-refractivity contribution in [3.63, 3.8) is 0 Å². The van der Waals surface area contributed by atoms with Crippen molar-refractivity contribution >= 4 is 35.0 Å². The van der Waals surface area contributed by atoms with Crippen molar-refractivity contribution in [2.75, 3.05) is 5.32 Å². The third kappa shape index (κ3) is 3.97. The monoisotopic (exact) mass is 371 g/mol. The van der Waals surface area contributed by atoms with E-state index < -0.39 is 0 Å². The number of anilines is 1. The van der Waals surface area contributed by atoms with Crippen molar-refractivity contribution in [1.29, 1.82) is 5.26 Å². The summed E-state index contributed by atoms with van der Waals surface area (Å²) in [6.45, 7) is 3.72. The predicted molar refractivity (Wildman–Crippen MR) is 101 cm³/mol. The van der Waals surface area contributed by atoms with Crippen LogP contribution in [0.25, 0.3) is 0 Å². The van der Waals surface area contributed by atoms with Crippen LogP contribution in [0, 0.1) is 18.3 Å². The van der Waals surface area contributed by atoms with Gasteiger partial charge < -0.3 is 5.32 Å². The third-order valence-corrected chi connectivity index (χ3v) is 5.74. The van der Waals surface area contributed by atoms with Gasteiger partial charge in [0.2, 0.25) is 5.91 Å². The summed E-state index contributed by atoms with van der Waals surface area (Å²) in [5, 5.41) is 13.1. The summed E-state index contributed by atoms with van der Waals surface area (Å²) in [4.78, 5) is 17.1. The number of fused-ring (bicyclic) bond motifs is 1. The van der Waals surface area contributed by atoms with Gasteiger partial charge in [-0.1, -0.05) is 29.4 Å². The Balaban J connectivity index is 1.73. The number of carbonyl (C=O) groups is 1. The first kappa shape index (κ1) is 17.8. The normalized spacial score (nSPS) is 13.8. The van der Waals surface area contributed by atoms with Crippen LogP contribution >= 0.6 is 23.4 Å². The molecule has 3 rings (SSSR count). The molecule has 1 aliphatic carbocycles. The Labute approximate surface area is 156 Å². The van der Waals surface area contributed by atoms with Crippen molar-refractivity contribution in [2.45, 2.75) is 43.4 Å². The van der Waals surface area contributed by atoms with Crippen LogP contribution in [0.1, 0.15) is 35.7 Å². The topological polar surface area (TPSA) is 65.8 Å². The number of nitrogens with one attached hydrogen (secondary N) is 1. The summed E-state index contributed by atoms with van der Waals surface area (Å²) in [7, 11) is 0. The van der Waals surface area contributed by atoms with Gasteiger partial charge in [0, 0.05) is 16.4 Å². The molecule has 2 aromatic rings. The van der Waals surface area contributed by atoms with Crippen molar-refractivity contribution in [3.8, 4) is 6.07 Å². The molecule has 1 unspecified atom stereocenters. The summed E-state index contributed by atoms with van der Waals surface area (Å²) < 4.78 is 0. The van der Waals surface area contributed by atoms with Gasteiger partial charge in [-0.15, -0.1) is 0 Å². The van der Waals surface area contributed by atoms with Crippen LogP contribution in [0.4, 0.5) is 5.69 Å². The number of hydrogen-bond acceptors (Lipinski definition) is 4. The maximum Gasteiger partial charge on any atom is 0.237 e. The van der Waals surface area contributed by atoms with Crippen LogP contribution in [0.15, 0.2) is 29.3 Å². The number of thioether (sulfide) groups is 1. The minimum Gasteiger partial charge on any atom is -0.325 e. The number of rotatable bonds is 4. The molecule has 0 fully saturated rings. The first-order chi connectivity index (χ1) is 12.0. The molecule has 1 aromatic carbocycles. The molecule has 25 heavy (non-hydrogen) atoms. The molecular weight excluding hydrogens is 354 g/mol. The van der Waals surface area contributed by atoms with E-state index in [-0.39, 0.29) is 11.2 Å². The van der Waals surface area contributed by atoms with Crippen LogP contribution in [-0.4, -0.2) is 16.1 Å². The summed E-state index contributed by atoms with van der Waals surface area (Å²) in [5.41, 5.74) is 4.38. The molecule has 1 heterocycles. The summed E-state index contributed by atoms with van der Waals surface area (Å²) >= 11 is 7.41. The zero-order valence-corrected chi connectivity index (χ0v) is 15.7. The second-order valence-electron chi connectivity index (χ2n) is 6.13. The minimum atomic E-state index is -0.376. The SMILES string of the molecule is Cc1ccc(NC(=O)C(C)Sc2nc3c(cc2C#N)CCC3)cc1Cl. The van der Waals surface area contributed by atoms with Crippen molar-refractivity contribution in [3.05, 3.63) is 51.7 Å². The van der Waals surface area contributed by atoms with E-state index in [4.69, 9.17) is 11.6 Å². The molecule has 0 saturated heterocycles. The molecule has 1 N–H and O–H groups in total. The molecule has 6 heteroatoms. The highest BCUT2D eigenvalue weighted by Crippen LogP contribution is 2.30. The molecule has 1 atom stereocenters. The van der Waals surface area contributed by atoms with Crippen LogP contribution in [0.5, 0.6) is 0 Å². The lowest BCUT2D eigenvalue weighted by atomic mass is 10.2. The lowest BCUT2D eigenvalue weighted by Crippen LogP contribution is -2.22. The van der Waals surface area contributed by atoms with E-state index in [9.17, 15) is 10.1 Å². The number of benzene rings is 1. The number of pyridine rings is 1. The van der Waals surface area contributed by atoms with Gasteiger partial charge in [0.15, 0.2) is 0 Å². The van der Waals surface area contributed by atoms with Crippen molar-refractivity contribution in [1.82, 2.24) is 4.98 Å². The molecule has 0 spiro atoms. The number of amides is 1. The zero-order chi connectivity index (χ0) is 18.0. The Morgan fingerprint density at radius 2 is 2.20 bits per heavy atom. The van der Waals surface area contributed by atoms with Gasteiger partial charge in [-0.05, 0) is 62.4 Å². The predicted octanol–water partition coefficient (Wildman–Crippen LogP) is 4.52. The molecule has 4 nitrogen and oxygen atoms in total. The fourth-order valence-electron chi connectivity index (χ4n) is 2.76. The largest absolute Gasteiger partial charge is 0.325 e. The maximum atomic E-state index is 12.5. The van der Waals surface area contributed by atoms with E-state index in [2.05, 4.69) is 16.4 Å². The van der Waals surface area contributed by atoms with Gasteiger partial charge in [0.1, 0.15) is 11.1 Å². The lowest BCUT2D eigenvalue weighted by molar-refractivity contribution is -0.115. The Bertz CT molecular complexity index is 876. The van der Waals surface area contributed by atoms with E-state index in [1.54, 1.807) is 6.07 Å². The Kier molecular flexibility index (Phi) is 5.31. The fourth-order valence-corrected chi connectivity index (χ4v) is 3.83. The molecular formula is C19H18ClN3OS. The molecule has 1 aromatic heterocycles. The van der Waals surface area contributed by atoms with Gasteiger partial charge >= 0.3 is 0 Å². The number of aryl methyl sites for hydroxylation is 3. The first-order valence-electron chi connectivity index (χ1n) is 8.14. The molecule has 0 aliphatic heterocycles. The zero-order valence-electron chi connectivity index (χ0n) is 14.1. The number of nitrogens with zero attached hydrogens (tertiary/aromatic N) is 2. The van der Waals surface area contributed by atoms with Crippen molar-refractivity contribution < 1.29 is 4.79 Å². The summed E-state index contributed by atoms with van der Waals surface area (Å²) in [6, 6.07) is 9.55. The molecule has 0 saturated carbocycles. The molecule has 1 aliphatic rings. The Hall–Kier alpha value is -2.03. The second kappa shape index (κ2) is 7.47. The van der Waals surface area contributed by atoms with Gasteiger partial charge in [0.05, 0.1) is 10.8 Å². The van der Waals surface area contributed by atoms with E-state index in [1.807, 2.05) is 32.0 Å². The smallest absolute Gasteiger partial charge is 0.237 e. The Morgan fingerprint density at radius 3 is 2.92 bits per heavy atom. The minimum absolute atomic E-state index is 0.142. The number of hydrogen-bond donors (Lipinski definition) is 1. The summed E-state index contributed by atoms with van der Waals surface area (Å²) in [6.07, 6.45) is 2.99. The molecule has 0 bridgehead atoms. The van der Waals surface area contributed by atoms with Gasteiger partial charge in [0.25, 0.3) is 0 Å². The van der Waals surface area contributed by atoms with Gasteiger partial charge in [-0.3, -0.25) is 4.79 Å². The first-order valence-corrected chi connectivity index (χ1v) is 9.40. The summed E-state index contributed by atoms with van der Waals surface area (Å²) in [5.74, 6) is -0.142. The average molecular weight is 372 g/mol. The van der Waals surface area contributed by atoms with Crippen LogP contribution in [-0.2, 0) is 17.6 Å². The van der Waals surface area contributed by atoms with Crippen LogP contribution < -0.4 is 5.32 Å². The average Bonchev–Trinajstić information content (AvgIpc) is 3.04. The molecule has 0 radical (unpaired) electrons. The number of carbonyl (C=O) groups excluding carboxylic acids is 1. The third-order valence-electron chi connectivity index (χ3n) is 4.23. The highest BCUT2D eigenvalue weighted by atomic mass is 35.5. The fraction of sp³-hybridized carbons (Fsp3) is 0.316. The van der Waals surface area contributed by atoms with E-state index in [1.165, 1.54) is 11.8 Å². The van der Waals surface area contributed by atoms with Gasteiger partial charge in [-0.2, -0.15) is 5.26 Å².